The number of aryl methyl sites for hydroxylation is 2. The van der Waals surface area contributed by atoms with Crippen LogP contribution in [0.15, 0.2) is 18.2 Å². The zero-order valence-corrected chi connectivity index (χ0v) is 10.8. The molecular formula is C13H16ClNO2. The third-order valence-electron chi connectivity index (χ3n) is 2.60. The molecule has 1 aromatic rings. The van der Waals surface area contributed by atoms with E-state index in [0.717, 1.165) is 11.1 Å². The van der Waals surface area contributed by atoms with E-state index in [-0.39, 0.29) is 17.6 Å². The fourth-order valence-corrected chi connectivity index (χ4v) is 1.55. The largest absolute Gasteiger partial charge is 0.352 e. The lowest BCUT2D eigenvalue weighted by atomic mass is 10.1. The Hall–Kier alpha value is -1.35. The highest BCUT2D eigenvalue weighted by Crippen LogP contribution is 2.09. The third-order valence-corrected chi connectivity index (χ3v) is 2.79. The van der Waals surface area contributed by atoms with Crippen LogP contribution >= 0.6 is 11.6 Å². The molecule has 0 radical (unpaired) electrons. The van der Waals surface area contributed by atoms with Crippen molar-refractivity contribution in [1.29, 1.82) is 0 Å². The van der Waals surface area contributed by atoms with E-state index in [1.807, 2.05) is 26.0 Å². The predicted molar refractivity (Wildman–Crippen MR) is 68.3 cm³/mol. The molecule has 1 amide bonds. The van der Waals surface area contributed by atoms with E-state index in [0.29, 0.717) is 18.5 Å². The van der Waals surface area contributed by atoms with Crippen molar-refractivity contribution in [2.24, 2.45) is 0 Å². The lowest BCUT2D eigenvalue weighted by Gasteiger charge is -2.06. The molecule has 0 fully saturated rings. The van der Waals surface area contributed by atoms with E-state index >= 15 is 0 Å². The molecule has 1 rings (SSSR count). The van der Waals surface area contributed by atoms with Crippen molar-refractivity contribution >= 4 is 22.8 Å². The summed E-state index contributed by atoms with van der Waals surface area (Å²) >= 11 is 5.20. The van der Waals surface area contributed by atoms with Gasteiger partial charge in [0.15, 0.2) is 0 Å². The molecular weight excluding hydrogens is 238 g/mol. The second kappa shape index (κ2) is 6.40. The monoisotopic (exact) mass is 253 g/mol. The van der Waals surface area contributed by atoms with Crippen LogP contribution in [0.1, 0.15) is 34.3 Å². The van der Waals surface area contributed by atoms with Gasteiger partial charge in [-0.15, -0.1) is 0 Å². The van der Waals surface area contributed by atoms with E-state index in [9.17, 15) is 9.59 Å². The Kier molecular flexibility index (Phi) is 5.16. The van der Waals surface area contributed by atoms with Crippen LogP contribution in [0.25, 0.3) is 0 Å². The topological polar surface area (TPSA) is 46.2 Å². The van der Waals surface area contributed by atoms with Crippen LogP contribution in [-0.2, 0) is 4.79 Å². The van der Waals surface area contributed by atoms with E-state index < -0.39 is 0 Å². The Morgan fingerprint density at radius 3 is 2.53 bits per heavy atom. The van der Waals surface area contributed by atoms with Crippen LogP contribution in [-0.4, -0.2) is 17.7 Å². The molecule has 0 saturated carbocycles. The molecule has 17 heavy (non-hydrogen) atoms. The first-order chi connectivity index (χ1) is 8.00. The summed E-state index contributed by atoms with van der Waals surface area (Å²) in [7, 11) is 0. The standard InChI is InChI=1S/C13H16ClNO2/c1-9-5-6-11(8-10(9)2)13(17)15-7-3-4-12(14)16/h5-6,8H,3-4,7H2,1-2H3,(H,15,17). The summed E-state index contributed by atoms with van der Waals surface area (Å²) in [6.45, 7) is 4.44. The van der Waals surface area contributed by atoms with Crippen LogP contribution < -0.4 is 5.32 Å². The fourth-order valence-electron chi connectivity index (χ4n) is 1.41. The van der Waals surface area contributed by atoms with Gasteiger partial charge in [-0.05, 0) is 55.1 Å². The number of carbonyl (C=O) groups excluding carboxylic acids is 2. The van der Waals surface area contributed by atoms with Gasteiger partial charge in [0.1, 0.15) is 0 Å². The van der Waals surface area contributed by atoms with E-state index in [2.05, 4.69) is 5.32 Å². The van der Waals surface area contributed by atoms with Gasteiger partial charge in [-0.25, -0.2) is 0 Å². The van der Waals surface area contributed by atoms with Crippen molar-refractivity contribution in [3.05, 3.63) is 34.9 Å². The number of nitrogens with one attached hydrogen (secondary N) is 1. The van der Waals surface area contributed by atoms with Crippen LogP contribution in [0.4, 0.5) is 0 Å². The summed E-state index contributed by atoms with van der Waals surface area (Å²) in [5.41, 5.74) is 2.90. The highest BCUT2D eigenvalue weighted by atomic mass is 35.5. The molecule has 0 spiro atoms. The summed E-state index contributed by atoms with van der Waals surface area (Å²) in [6, 6.07) is 5.58. The highest BCUT2D eigenvalue weighted by molar-refractivity contribution is 6.63. The van der Waals surface area contributed by atoms with Crippen molar-refractivity contribution in [2.75, 3.05) is 6.54 Å². The average molecular weight is 254 g/mol. The van der Waals surface area contributed by atoms with E-state index in [1.54, 1.807) is 6.07 Å². The summed E-state index contributed by atoms with van der Waals surface area (Å²) in [5, 5.41) is 2.38. The normalized spacial score (nSPS) is 10.1. The zero-order chi connectivity index (χ0) is 12.8. The van der Waals surface area contributed by atoms with Crippen molar-refractivity contribution in [2.45, 2.75) is 26.7 Å². The summed E-state index contributed by atoms with van der Waals surface area (Å²) in [4.78, 5) is 22.2. The smallest absolute Gasteiger partial charge is 0.251 e. The van der Waals surface area contributed by atoms with Crippen LogP contribution in [0.3, 0.4) is 0 Å². The van der Waals surface area contributed by atoms with Crippen molar-refractivity contribution in [3.8, 4) is 0 Å². The first-order valence-electron chi connectivity index (χ1n) is 5.54. The minimum atomic E-state index is -0.370. The number of amides is 1. The zero-order valence-electron chi connectivity index (χ0n) is 10.0. The number of hydrogen-bond acceptors (Lipinski definition) is 2. The summed E-state index contributed by atoms with van der Waals surface area (Å²) in [6.07, 6.45) is 0.855. The molecule has 0 aliphatic rings. The number of rotatable bonds is 5. The molecule has 0 aromatic heterocycles. The van der Waals surface area contributed by atoms with Gasteiger partial charge in [-0.3, -0.25) is 9.59 Å². The highest BCUT2D eigenvalue weighted by Gasteiger charge is 2.06. The molecule has 1 aromatic carbocycles. The van der Waals surface area contributed by atoms with Gasteiger partial charge in [0, 0.05) is 18.5 Å². The fraction of sp³-hybridized carbons (Fsp3) is 0.385. The molecule has 0 atom stereocenters. The number of carbonyl (C=O) groups is 2. The van der Waals surface area contributed by atoms with Crippen molar-refractivity contribution in [3.63, 3.8) is 0 Å². The lowest BCUT2D eigenvalue weighted by molar-refractivity contribution is -0.111. The first-order valence-corrected chi connectivity index (χ1v) is 5.92. The molecule has 0 aliphatic carbocycles. The number of halogens is 1. The summed E-state index contributed by atoms with van der Waals surface area (Å²) < 4.78 is 0. The molecule has 4 heteroatoms. The Morgan fingerprint density at radius 2 is 1.94 bits per heavy atom. The van der Waals surface area contributed by atoms with Crippen molar-refractivity contribution < 1.29 is 9.59 Å². The maximum atomic E-state index is 11.7. The molecule has 0 saturated heterocycles. The van der Waals surface area contributed by atoms with Crippen LogP contribution in [0, 0.1) is 13.8 Å². The Balaban J connectivity index is 2.47. The molecule has 0 aliphatic heterocycles. The van der Waals surface area contributed by atoms with E-state index in [4.69, 9.17) is 11.6 Å². The number of hydrogen-bond donors (Lipinski definition) is 1. The molecule has 1 N–H and O–H groups in total. The quantitative estimate of drug-likeness (QED) is 0.648. The predicted octanol–water partition coefficient (Wildman–Crippen LogP) is 2.58. The Bertz CT molecular complexity index is 429. The van der Waals surface area contributed by atoms with Crippen molar-refractivity contribution in [1.82, 2.24) is 5.32 Å². The lowest BCUT2D eigenvalue weighted by Crippen LogP contribution is -2.24. The second-order valence-electron chi connectivity index (χ2n) is 4.01. The first kappa shape index (κ1) is 13.7. The van der Waals surface area contributed by atoms with Gasteiger partial charge in [0.05, 0.1) is 0 Å². The SMILES string of the molecule is Cc1ccc(C(=O)NCCCC(=O)Cl)cc1C. The Morgan fingerprint density at radius 1 is 1.24 bits per heavy atom. The van der Waals surface area contributed by atoms with Gasteiger partial charge in [0.2, 0.25) is 5.24 Å². The van der Waals surface area contributed by atoms with Crippen LogP contribution in [0.2, 0.25) is 0 Å². The van der Waals surface area contributed by atoms with Gasteiger partial charge >= 0.3 is 0 Å². The minimum absolute atomic E-state index is 0.116. The van der Waals surface area contributed by atoms with Gasteiger partial charge in [0.25, 0.3) is 5.91 Å². The summed E-state index contributed by atoms with van der Waals surface area (Å²) in [5.74, 6) is -0.116. The molecule has 0 unspecified atom stereocenters. The Labute approximate surface area is 106 Å². The minimum Gasteiger partial charge on any atom is -0.352 e. The third kappa shape index (κ3) is 4.57. The second-order valence-corrected chi connectivity index (χ2v) is 4.44. The molecule has 92 valence electrons. The van der Waals surface area contributed by atoms with Crippen LogP contribution in [0.5, 0.6) is 0 Å². The number of benzene rings is 1. The van der Waals surface area contributed by atoms with Gasteiger partial charge < -0.3 is 5.32 Å². The van der Waals surface area contributed by atoms with Gasteiger partial charge in [-0.2, -0.15) is 0 Å². The maximum absolute atomic E-state index is 11.7. The van der Waals surface area contributed by atoms with Gasteiger partial charge in [-0.1, -0.05) is 6.07 Å². The molecule has 0 heterocycles. The maximum Gasteiger partial charge on any atom is 0.251 e. The molecule has 0 bridgehead atoms. The molecule has 3 nitrogen and oxygen atoms in total. The average Bonchev–Trinajstić information content (AvgIpc) is 2.27. The van der Waals surface area contributed by atoms with E-state index in [1.165, 1.54) is 0 Å².